The van der Waals surface area contributed by atoms with Gasteiger partial charge in [0.1, 0.15) is 0 Å². The molecule has 0 aromatic heterocycles. The topological polar surface area (TPSA) is 29.5 Å². The quantitative estimate of drug-likeness (QED) is 0.728. The molecule has 1 saturated heterocycles. The van der Waals surface area contributed by atoms with Crippen molar-refractivity contribution in [2.24, 2.45) is 5.41 Å². The molecule has 0 bridgehead atoms. The van der Waals surface area contributed by atoms with Crippen LogP contribution in [-0.2, 0) is 4.74 Å². The van der Waals surface area contributed by atoms with Gasteiger partial charge in [0.25, 0.3) is 0 Å². The molecule has 0 aromatic carbocycles. The number of hydrogen-bond acceptors (Lipinski definition) is 2. The van der Waals surface area contributed by atoms with E-state index in [9.17, 15) is 5.11 Å². The molecule has 0 atom stereocenters. The van der Waals surface area contributed by atoms with Crippen LogP contribution in [-0.4, -0.2) is 23.9 Å². The first-order chi connectivity index (χ1) is 6.12. The molecular formula is C11H20O2. The standard InChI is InChI=1S/C11H20O2/c1-10(6-8-13-9-7-10)2-3-11(12)4-5-11/h12H,2-9H2,1H3. The summed E-state index contributed by atoms with van der Waals surface area (Å²) in [6.07, 6.45) is 6.57. The first-order valence-corrected chi connectivity index (χ1v) is 5.42. The Labute approximate surface area is 80.3 Å². The first kappa shape index (κ1) is 9.47. The van der Waals surface area contributed by atoms with Crippen LogP contribution in [0.1, 0.15) is 45.4 Å². The molecule has 1 saturated carbocycles. The molecule has 0 radical (unpaired) electrons. The van der Waals surface area contributed by atoms with Crippen LogP contribution < -0.4 is 0 Å². The Kier molecular flexibility index (Phi) is 2.37. The summed E-state index contributed by atoms with van der Waals surface area (Å²) in [6, 6.07) is 0. The summed E-state index contributed by atoms with van der Waals surface area (Å²) in [4.78, 5) is 0. The maximum atomic E-state index is 9.74. The van der Waals surface area contributed by atoms with Gasteiger partial charge < -0.3 is 9.84 Å². The maximum Gasteiger partial charge on any atom is 0.0650 e. The van der Waals surface area contributed by atoms with Crippen molar-refractivity contribution >= 4 is 0 Å². The minimum Gasteiger partial charge on any atom is -0.390 e. The van der Waals surface area contributed by atoms with Gasteiger partial charge in [0.05, 0.1) is 5.60 Å². The molecule has 2 fully saturated rings. The maximum absolute atomic E-state index is 9.74. The molecule has 0 amide bonds. The van der Waals surface area contributed by atoms with Crippen molar-refractivity contribution in [2.45, 2.75) is 51.0 Å². The van der Waals surface area contributed by atoms with E-state index in [0.717, 1.165) is 32.5 Å². The van der Waals surface area contributed by atoms with Crippen molar-refractivity contribution in [3.8, 4) is 0 Å². The molecule has 1 aliphatic carbocycles. The molecular weight excluding hydrogens is 164 g/mol. The third-order valence-corrected chi connectivity index (χ3v) is 3.72. The molecule has 1 N–H and O–H groups in total. The van der Waals surface area contributed by atoms with Crippen molar-refractivity contribution in [1.29, 1.82) is 0 Å². The predicted molar refractivity (Wildman–Crippen MR) is 51.6 cm³/mol. The van der Waals surface area contributed by atoms with Crippen LogP contribution in [0.2, 0.25) is 0 Å². The fraction of sp³-hybridized carbons (Fsp3) is 1.00. The normalized spacial score (nSPS) is 30.0. The molecule has 1 aliphatic heterocycles. The van der Waals surface area contributed by atoms with Gasteiger partial charge in [-0.1, -0.05) is 6.92 Å². The smallest absolute Gasteiger partial charge is 0.0650 e. The Hall–Kier alpha value is -0.0800. The number of rotatable bonds is 3. The SMILES string of the molecule is CC1(CCC2(O)CC2)CCOCC1. The van der Waals surface area contributed by atoms with Gasteiger partial charge in [-0.3, -0.25) is 0 Å². The Bertz CT molecular complexity index is 179. The Morgan fingerprint density at radius 1 is 1.08 bits per heavy atom. The van der Waals surface area contributed by atoms with Crippen LogP contribution in [0.5, 0.6) is 0 Å². The van der Waals surface area contributed by atoms with Crippen molar-refractivity contribution in [2.75, 3.05) is 13.2 Å². The molecule has 0 unspecified atom stereocenters. The molecule has 2 rings (SSSR count). The number of aliphatic hydroxyl groups is 1. The van der Waals surface area contributed by atoms with Crippen molar-refractivity contribution in [1.82, 2.24) is 0 Å². The van der Waals surface area contributed by atoms with Crippen LogP contribution in [0.3, 0.4) is 0 Å². The van der Waals surface area contributed by atoms with Gasteiger partial charge in [0, 0.05) is 13.2 Å². The molecule has 13 heavy (non-hydrogen) atoms. The highest BCUT2D eigenvalue weighted by atomic mass is 16.5. The van der Waals surface area contributed by atoms with E-state index < -0.39 is 0 Å². The Balaban J connectivity index is 1.77. The van der Waals surface area contributed by atoms with Gasteiger partial charge in [-0.2, -0.15) is 0 Å². The average Bonchev–Trinajstić information content (AvgIpc) is 2.84. The van der Waals surface area contributed by atoms with Crippen LogP contribution in [0.15, 0.2) is 0 Å². The molecule has 2 aliphatic rings. The summed E-state index contributed by atoms with van der Waals surface area (Å²) < 4.78 is 5.35. The second-order valence-corrected chi connectivity index (χ2v) is 5.15. The number of hydrogen-bond donors (Lipinski definition) is 1. The molecule has 0 aromatic rings. The van der Waals surface area contributed by atoms with Crippen LogP contribution >= 0.6 is 0 Å². The largest absolute Gasteiger partial charge is 0.390 e. The molecule has 1 heterocycles. The van der Waals surface area contributed by atoms with E-state index in [1.165, 1.54) is 19.3 Å². The summed E-state index contributed by atoms with van der Waals surface area (Å²) in [5, 5.41) is 9.74. The lowest BCUT2D eigenvalue weighted by molar-refractivity contribution is 0.00958. The highest BCUT2D eigenvalue weighted by Crippen LogP contribution is 2.44. The molecule has 2 heteroatoms. The van der Waals surface area contributed by atoms with Crippen LogP contribution in [0, 0.1) is 5.41 Å². The Morgan fingerprint density at radius 2 is 1.69 bits per heavy atom. The molecule has 2 nitrogen and oxygen atoms in total. The fourth-order valence-electron chi connectivity index (χ4n) is 2.04. The summed E-state index contributed by atoms with van der Waals surface area (Å²) >= 11 is 0. The lowest BCUT2D eigenvalue weighted by Crippen LogP contribution is -2.28. The predicted octanol–water partition coefficient (Wildman–Crippen LogP) is 2.11. The van der Waals surface area contributed by atoms with Gasteiger partial charge in [0.2, 0.25) is 0 Å². The summed E-state index contributed by atoms with van der Waals surface area (Å²) in [6.45, 7) is 4.16. The van der Waals surface area contributed by atoms with Gasteiger partial charge in [0.15, 0.2) is 0 Å². The van der Waals surface area contributed by atoms with Gasteiger partial charge in [-0.05, 0) is 43.9 Å². The van der Waals surface area contributed by atoms with Crippen molar-refractivity contribution < 1.29 is 9.84 Å². The minimum atomic E-state index is -0.263. The third kappa shape index (κ3) is 2.44. The van der Waals surface area contributed by atoms with E-state index in [-0.39, 0.29) is 5.60 Å². The van der Waals surface area contributed by atoms with Crippen molar-refractivity contribution in [3.05, 3.63) is 0 Å². The average molecular weight is 184 g/mol. The number of ether oxygens (including phenoxy) is 1. The summed E-state index contributed by atoms with van der Waals surface area (Å²) in [5.41, 5.74) is 0.178. The van der Waals surface area contributed by atoms with E-state index in [1.54, 1.807) is 0 Å². The third-order valence-electron chi connectivity index (χ3n) is 3.72. The minimum absolute atomic E-state index is 0.263. The zero-order valence-electron chi connectivity index (χ0n) is 8.51. The monoisotopic (exact) mass is 184 g/mol. The van der Waals surface area contributed by atoms with E-state index in [2.05, 4.69) is 6.92 Å². The van der Waals surface area contributed by atoms with Crippen LogP contribution in [0.25, 0.3) is 0 Å². The van der Waals surface area contributed by atoms with E-state index in [0.29, 0.717) is 5.41 Å². The zero-order valence-corrected chi connectivity index (χ0v) is 8.51. The zero-order chi connectivity index (χ0) is 9.36. The second-order valence-electron chi connectivity index (χ2n) is 5.15. The van der Waals surface area contributed by atoms with Crippen LogP contribution in [0.4, 0.5) is 0 Å². The van der Waals surface area contributed by atoms with Gasteiger partial charge in [-0.25, -0.2) is 0 Å². The summed E-state index contributed by atoms with van der Waals surface area (Å²) in [5.74, 6) is 0. The first-order valence-electron chi connectivity index (χ1n) is 5.42. The highest BCUT2D eigenvalue weighted by Gasteiger charge is 2.41. The van der Waals surface area contributed by atoms with E-state index >= 15 is 0 Å². The lowest BCUT2D eigenvalue weighted by atomic mass is 9.77. The van der Waals surface area contributed by atoms with E-state index in [4.69, 9.17) is 4.74 Å². The van der Waals surface area contributed by atoms with Gasteiger partial charge in [-0.15, -0.1) is 0 Å². The lowest BCUT2D eigenvalue weighted by Gasteiger charge is -2.34. The van der Waals surface area contributed by atoms with E-state index in [1.807, 2.05) is 0 Å². The fourth-order valence-corrected chi connectivity index (χ4v) is 2.04. The highest BCUT2D eigenvalue weighted by molar-refractivity contribution is 4.94. The second kappa shape index (κ2) is 3.25. The van der Waals surface area contributed by atoms with Gasteiger partial charge >= 0.3 is 0 Å². The molecule has 76 valence electrons. The molecule has 0 spiro atoms. The Morgan fingerprint density at radius 3 is 2.23 bits per heavy atom. The van der Waals surface area contributed by atoms with Crippen molar-refractivity contribution in [3.63, 3.8) is 0 Å². The summed E-state index contributed by atoms with van der Waals surface area (Å²) in [7, 11) is 0.